The van der Waals surface area contributed by atoms with E-state index in [1.54, 1.807) is 6.92 Å². The van der Waals surface area contributed by atoms with Crippen LogP contribution in [0.4, 0.5) is 14.5 Å². The molecule has 0 unspecified atom stereocenters. The van der Waals surface area contributed by atoms with E-state index in [0.29, 0.717) is 0 Å². The van der Waals surface area contributed by atoms with Crippen molar-refractivity contribution in [3.63, 3.8) is 0 Å². The fraction of sp³-hybridized carbons (Fsp3) is 0.400. The fourth-order valence-corrected chi connectivity index (χ4v) is 1.47. The molecule has 0 saturated heterocycles. The minimum absolute atomic E-state index is 0.0281. The van der Waals surface area contributed by atoms with Crippen molar-refractivity contribution >= 4 is 23.3 Å². The standard InChI is InChI=1S/C10H11ClF2N2O2/c1-2-17-6(16)3-5-4-15-9(11)8(14)7(5)10(12)13/h4,10H,2-3,14H2,1H3. The van der Waals surface area contributed by atoms with Crippen LogP contribution in [0.1, 0.15) is 24.5 Å². The van der Waals surface area contributed by atoms with E-state index in [0.717, 1.165) is 6.20 Å². The van der Waals surface area contributed by atoms with Gasteiger partial charge in [-0.25, -0.2) is 13.8 Å². The van der Waals surface area contributed by atoms with E-state index >= 15 is 0 Å². The van der Waals surface area contributed by atoms with E-state index in [1.807, 2.05) is 0 Å². The number of carbonyl (C=O) groups excluding carboxylic acids is 1. The summed E-state index contributed by atoms with van der Waals surface area (Å²) in [4.78, 5) is 14.8. The lowest BCUT2D eigenvalue weighted by Gasteiger charge is -2.11. The first-order valence-corrected chi connectivity index (χ1v) is 5.21. The third kappa shape index (κ3) is 3.26. The van der Waals surface area contributed by atoms with Gasteiger partial charge in [-0.1, -0.05) is 11.6 Å². The van der Waals surface area contributed by atoms with Gasteiger partial charge < -0.3 is 10.5 Å². The maximum absolute atomic E-state index is 12.8. The molecular weight excluding hydrogens is 254 g/mol. The molecular formula is C10H11ClF2N2O2. The number of nitrogens with zero attached hydrogens (tertiary/aromatic N) is 1. The highest BCUT2D eigenvalue weighted by Crippen LogP contribution is 2.32. The minimum Gasteiger partial charge on any atom is -0.466 e. The molecule has 0 fully saturated rings. The number of alkyl halides is 2. The number of nitrogens with two attached hydrogens (primary N) is 1. The number of hydrogen-bond acceptors (Lipinski definition) is 4. The van der Waals surface area contributed by atoms with Crippen LogP contribution in [0.5, 0.6) is 0 Å². The first-order valence-electron chi connectivity index (χ1n) is 4.83. The summed E-state index contributed by atoms with van der Waals surface area (Å²) in [7, 11) is 0. The zero-order valence-corrected chi connectivity index (χ0v) is 9.80. The van der Waals surface area contributed by atoms with Crippen LogP contribution in [-0.4, -0.2) is 17.6 Å². The van der Waals surface area contributed by atoms with Crippen LogP contribution in [0.2, 0.25) is 5.15 Å². The Bertz CT molecular complexity index is 427. The molecule has 94 valence electrons. The molecule has 0 atom stereocenters. The molecule has 7 heteroatoms. The lowest BCUT2D eigenvalue weighted by Crippen LogP contribution is -2.11. The summed E-state index contributed by atoms with van der Waals surface area (Å²) >= 11 is 5.54. The number of ether oxygens (including phenoxy) is 1. The monoisotopic (exact) mass is 264 g/mol. The van der Waals surface area contributed by atoms with Crippen molar-refractivity contribution in [2.24, 2.45) is 0 Å². The van der Waals surface area contributed by atoms with Crippen LogP contribution in [0.3, 0.4) is 0 Å². The van der Waals surface area contributed by atoms with Crippen LogP contribution in [0, 0.1) is 0 Å². The first-order chi connectivity index (χ1) is 7.97. The maximum Gasteiger partial charge on any atom is 0.310 e. The highest BCUT2D eigenvalue weighted by atomic mass is 35.5. The van der Waals surface area contributed by atoms with Crippen molar-refractivity contribution in [3.05, 3.63) is 22.5 Å². The van der Waals surface area contributed by atoms with E-state index in [2.05, 4.69) is 9.72 Å². The van der Waals surface area contributed by atoms with Gasteiger partial charge in [0.05, 0.1) is 18.7 Å². The van der Waals surface area contributed by atoms with Gasteiger partial charge in [0, 0.05) is 11.8 Å². The second-order valence-corrected chi connectivity index (χ2v) is 3.54. The Labute approximate surface area is 102 Å². The summed E-state index contributed by atoms with van der Waals surface area (Å²) in [5.74, 6) is -0.613. The average molecular weight is 265 g/mol. The van der Waals surface area contributed by atoms with Crippen LogP contribution in [0.15, 0.2) is 6.20 Å². The Kier molecular flexibility index (Phi) is 4.62. The molecule has 0 aliphatic rings. The predicted molar refractivity (Wildman–Crippen MR) is 59.0 cm³/mol. The van der Waals surface area contributed by atoms with E-state index < -0.39 is 18.0 Å². The van der Waals surface area contributed by atoms with Gasteiger partial charge in [0.1, 0.15) is 0 Å². The normalized spacial score (nSPS) is 10.6. The van der Waals surface area contributed by atoms with Gasteiger partial charge in [-0.05, 0) is 12.5 Å². The quantitative estimate of drug-likeness (QED) is 0.670. The van der Waals surface area contributed by atoms with Gasteiger partial charge in [-0.2, -0.15) is 0 Å². The third-order valence-corrected chi connectivity index (χ3v) is 2.35. The van der Waals surface area contributed by atoms with E-state index in [9.17, 15) is 13.6 Å². The molecule has 0 aliphatic heterocycles. The van der Waals surface area contributed by atoms with Gasteiger partial charge in [0.15, 0.2) is 5.15 Å². The van der Waals surface area contributed by atoms with Crippen LogP contribution in [-0.2, 0) is 16.0 Å². The molecule has 2 N–H and O–H groups in total. The zero-order chi connectivity index (χ0) is 13.0. The topological polar surface area (TPSA) is 65.2 Å². The smallest absolute Gasteiger partial charge is 0.310 e. The molecule has 1 heterocycles. The largest absolute Gasteiger partial charge is 0.466 e. The Morgan fingerprint density at radius 1 is 1.65 bits per heavy atom. The molecule has 0 spiro atoms. The summed E-state index contributed by atoms with van der Waals surface area (Å²) in [6, 6.07) is 0. The van der Waals surface area contributed by atoms with E-state index in [4.69, 9.17) is 17.3 Å². The maximum atomic E-state index is 12.8. The third-order valence-electron chi connectivity index (χ3n) is 2.05. The summed E-state index contributed by atoms with van der Waals surface area (Å²) in [5, 5.41) is -0.201. The number of carbonyl (C=O) groups is 1. The summed E-state index contributed by atoms with van der Waals surface area (Å²) in [6.07, 6.45) is -2.01. The lowest BCUT2D eigenvalue weighted by molar-refractivity contribution is -0.142. The predicted octanol–water partition coefficient (Wildman–Crippen LogP) is 2.36. The molecule has 4 nitrogen and oxygen atoms in total. The number of halogens is 3. The molecule has 0 saturated carbocycles. The summed E-state index contributed by atoms with van der Waals surface area (Å²) in [6.45, 7) is 1.81. The van der Waals surface area contributed by atoms with Crippen LogP contribution >= 0.6 is 11.6 Å². The second-order valence-electron chi connectivity index (χ2n) is 3.18. The summed E-state index contributed by atoms with van der Waals surface area (Å²) in [5.41, 5.74) is 4.67. The number of hydrogen-bond donors (Lipinski definition) is 1. The van der Waals surface area contributed by atoms with Crippen LogP contribution in [0.25, 0.3) is 0 Å². The Hall–Kier alpha value is -1.43. The first kappa shape index (κ1) is 13.6. The van der Waals surface area contributed by atoms with Gasteiger partial charge in [-0.15, -0.1) is 0 Å². The number of rotatable bonds is 4. The van der Waals surface area contributed by atoms with Crippen molar-refractivity contribution in [2.45, 2.75) is 19.8 Å². The number of aromatic nitrogens is 1. The minimum atomic E-state index is -2.82. The number of nitrogen functional groups attached to an aromatic ring is 1. The highest BCUT2D eigenvalue weighted by Gasteiger charge is 2.21. The molecule has 1 aromatic rings. The number of anilines is 1. The van der Waals surface area contributed by atoms with Crippen molar-refractivity contribution in [2.75, 3.05) is 12.3 Å². The number of esters is 1. The molecule has 0 bridgehead atoms. The molecule has 0 radical (unpaired) electrons. The van der Waals surface area contributed by atoms with Gasteiger partial charge in [0.2, 0.25) is 0 Å². The average Bonchev–Trinajstić information content (AvgIpc) is 2.23. The molecule has 0 aromatic carbocycles. The fourth-order valence-electron chi connectivity index (χ4n) is 1.32. The van der Waals surface area contributed by atoms with Crippen molar-refractivity contribution in [1.29, 1.82) is 0 Å². The van der Waals surface area contributed by atoms with Gasteiger partial charge >= 0.3 is 5.97 Å². The van der Waals surface area contributed by atoms with E-state index in [1.165, 1.54) is 0 Å². The number of pyridine rings is 1. The lowest BCUT2D eigenvalue weighted by atomic mass is 10.1. The molecule has 17 heavy (non-hydrogen) atoms. The highest BCUT2D eigenvalue weighted by molar-refractivity contribution is 6.32. The Morgan fingerprint density at radius 3 is 2.82 bits per heavy atom. The van der Waals surface area contributed by atoms with E-state index in [-0.39, 0.29) is 29.4 Å². The Morgan fingerprint density at radius 2 is 2.29 bits per heavy atom. The molecule has 0 amide bonds. The summed E-state index contributed by atoms with van der Waals surface area (Å²) < 4.78 is 30.2. The van der Waals surface area contributed by atoms with Crippen LogP contribution < -0.4 is 5.73 Å². The Balaban J connectivity index is 3.07. The van der Waals surface area contributed by atoms with Gasteiger partial charge in [0.25, 0.3) is 6.43 Å². The molecule has 1 aromatic heterocycles. The zero-order valence-electron chi connectivity index (χ0n) is 9.04. The SMILES string of the molecule is CCOC(=O)Cc1cnc(Cl)c(N)c1C(F)F. The molecule has 0 aliphatic carbocycles. The second kappa shape index (κ2) is 5.77. The van der Waals surface area contributed by atoms with Crippen molar-refractivity contribution < 1.29 is 18.3 Å². The van der Waals surface area contributed by atoms with Crippen molar-refractivity contribution in [1.82, 2.24) is 4.98 Å². The molecule has 1 rings (SSSR count). The van der Waals surface area contributed by atoms with Gasteiger partial charge in [-0.3, -0.25) is 4.79 Å². The van der Waals surface area contributed by atoms with Crippen molar-refractivity contribution in [3.8, 4) is 0 Å².